The predicted molar refractivity (Wildman–Crippen MR) is 86.7 cm³/mol. The smallest absolute Gasteiger partial charge is 0.321 e. The molecule has 0 fully saturated rings. The van der Waals surface area contributed by atoms with Crippen LogP contribution in [0.2, 0.25) is 0 Å². The van der Waals surface area contributed by atoms with Crippen molar-refractivity contribution in [1.82, 2.24) is 0 Å². The van der Waals surface area contributed by atoms with Crippen molar-refractivity contribution in [3.63, 3.8) is 0 Å². The standard InChI is InChI=1S/C17H21NO7/c1-22-10-25-9-8-17(13(14(19)23-2)15(20)24-3)11-6-4-5-7-12(11)18-16(17)21/h4-7,13H,8-10H2,1-3H3,(H,18,21)/t17-/m0/s1. The van der Waals surface area contributed by atoms with Crippen LogP contribution in [0.15, 0.2) is 24.3 Å². The van der Waals surface area contributed by atoms with Gasteiger partial charge in [-0.25, -0.2) is 0 Å². The molecule has 0 aliphatic carbocycles. The van der Waals surface area contributed by atoms with E-state index < -0.39 is 29.2 Å². The Bertz CT molecular complexity index is 644. The summed E-state index contributed by atoms with van der Waals surface area (Å²) in [7, 11) is 3.79. The van der Waals surface area contributed by atoms with Crippen LogP contribution in [0, 0.1) is 5.92 Å². The minimum Gasteiger partial charge on any atom is -0.468 e. The third-order valence-corrected chi connectivity index (χ3v) is 4.27. The highest BCUT2D eigenvalue weighted by Gasteiger charge is 2.58. The van der Waals surface area contributed by atoms with Crippen LogP contribution in [-0.2, 0) is 38.7 Å². The van der Waals surface area contributed by atoms with Crippen molar-refractivity contribution in [2.45, 2.75) is 11.8 Å². The monoisotopic (exact) mass is 351 g/mol. The zero-order valence-electron chi connectivity index (χ0n) is 14.4. The fourth-order valence-electron chi connectivity index (χ4n) is 3.13. The molecule has 136 valence electrons. The van der Waals surface area contributed by atoms with Gasteiger partial charge in [0.05, 0.1) is 20.8 Å². The average molecular weight is 351 g/mol. The van der Waals surface area contributed by atoms with Gasteiger partial charge in [0.25, 0.3) is 0 Å². The van der Waals surface area contributed by atoms with Gasteiger partial charge in [-0.2, -0.15) is 0 Å². The maximum Gasteiger partial charge on any atom is 0.321 e. The number of nitrogens with one attached hydrogen (secondary N) is 1. The Kier molecular flexibility index (Phi) is 6.11. The summed E-state index contributed by atoms with van der Waals surface area (Å²) in [5.74, 6) is -3.61. The van der Waals surface area contributed by atoms with Gasteiger partial charge in [-0.15, -0.1) is 0 Å². The summed E-state index contributed by atoms with van der Waals surface area (Å²) < 4.78 is 19.7. The Morgan fingerprint density at radius 3 is 2.36 bits per heavy atom. The summed E-state index contributed by atoms with van der Waals surface area (Å²) in [5.41, 5.74) is -0.413. The van der Waals surface area contributed by atoms with Gasteiger partial charge in [-0.05, 0) is 18.1 Å². The molecule has 0 bridgehead atoms. The van der Waals surface area contributed by atoms with Crippen LogP contribution in [0.1, 0.15) is 12.0 Å². The van der Waals surface area contributed by atoms with Gasteiger partial charge in [-0.3, -0.25) is 14.4 Å². The SMILES string of the molecule is COCOCC[C@]1(C(C(=O)OC)C(=O)OC)C(=O)Nc2ccccc21. The Balaban J connectivity index is 2.54. The van der Waals surface area contributed by atoms with E-state index in [1.807, 2.05) is 0 Å². The Morgan fingerprint density at radius 1 is 1.12 bits per heavy atom. The fraction of sp³-hybridized carbons (Fsp3) is 0.471. The van der Waals surface area contributed by atoms with Crippen LogP contribution in [0.25, 0.3) is 0 Å². The summed E-state index contributed by atoms with van der Waals surface area (Å²) in [6.07, 6.45) is 0.0775. The van der Waals surface area contributed by atoms with E-state index in [9.17, 15) is 14.4 Å². The van der Waals surface area contributed by atoms with Crippen LogP contribution in [0.3, 0.4) is 0 Å². The third-order valence-electron chi connectivity index (χ3n) is 4.27. The molecule has 1 aromatic rings. The molecule has 2 rings (SSSR count). The van der Waals surface area contributed by atoms with Gasteiger partial charge in [0.15, 0.2) is 5.92 Å². The first-order chi connectivity index (χ1) is 12.0. The quantitative estimate of drug-likeness (QED) is 0.321. The summed E-state index contributed by atoms with van der Waals surface area (Å²) in [4.78, 5) is 37.6. The van der Waals surface area contributed by atoms with Crippen LogP contribution in [-0.4, -0.2) is 52.6 Å². The number of carbonyl (C=O) groups is 3. The highest BCUT2D eigenvalue weighted by atomic mass is 16.7. The van der Waals surface area contributed by atoms with E-state index in [1.165, 1.54) is 7.11 Å². The highest BCUT2D eigenvalue weighted by Crippen LogP contribution is 2.46. The predicted octanol–water partition coefficient (Wildman–Crippen LogP) is 0.849. The fourth-order valence-corrected chi connectivity index (χ4v) is 3.13. The molecule has 0 spiro atoms. The lowest BCUT2D eigenvalue weighted by Crippen LogP contribution is -2.50. The molecule has 0 radical (unpaired) electrons. The van der Waals surface area contributed by atoms with Gasteiger partial charge in [0.1, 0.15) is 12.2 Å². The molecular formula is C17H21NO7. The lowest BCUT2D eigenvalue weighted by molar-refractivity contribution is -0.165. The van der Waals surface area contributed by atoms with Gasteiger partial charge >= 0.3 is 11.9 Å². The number of anilines is 1. The largest absolute Gasteiger partial charge is 0.468 e. The number of para-hydroxylation sites is 1. The third kappa shape index (κ3) is 3.35. The number of rotatable bonds is 8. The number of fused-ring (bicyclic) bond motifs is 1. The normalized spacial score (nSPS) is 18.6. The van der Waals surface area contributed by atoms with Crippen LogP contribution in [0.4, 0.5) is 5.69 Å². The molecule has 1 aromatic carbocycles. The summed E-state index contributed by atoms with van der Waals surface area (Å²) in [5, 5.41) is 2.73. The van der Waals surface area contributed by atoms with Gasteiger partial charge in [0, 0.05) is 12.8 Å². The van der Waals surface area contributed by atoms with Crippen LogP contribution >= 0.6 is 0 Å². The molecule has 8 nitrogen and oxygen atoms in total. The molecule has 0 saturated heterocycles. The van der Waals surface area contributed by atoms with Crippen molar-refractivity contribution in [1.29, 1.82) is 0 Å². The summed E-state index contributed by atoms with van der Waals surface area (Å²) in [6, 6.07) is 6.89. The van der Waals surface area contributed by atoms with E-state index >= 15 is 0 Å². The Morgan fingerprint density at radius 2 is 1.76 bits per heavy atom. The molecule has 0 unspecified atom stereocenters. The minimum absolute atomic E-state index is 0.0282. The second kappa shape index (κ2) is 8.09. The molecule has 8 heteroatoms. The molecule has 1 atom stereocenters. The molecule has 0 aromatic heterocycles. The number of carbonyl (C=O) groups excluding carboxylic acids is 3. The van der Waals surface area contributed by atoms with Gasteiger partial charge < -0.3 is 24.3 Å². The van der Waals surface area contributed by atoms with Crippen molar-refractivity contribution in [3.8, 4) is 0 Å². The Labute approximate surface area is 145 Å². The van der Waals surface area contributed by atoms with E-state index in [0.717, 1.165) is 14.2 Å². The van der Waals surface area contributed by atoms with Crippen molar-refractivity contribution in [3.05, 3.63) is 29.8 Å². The number of benzene rings is 1. The topological polar surface area (TPSA) is 100 Å². The first kappa shape index (κ1) is 18.9. The van der Waals surface area contributed by atoms with Gasteiger partial charge in [0.2, 0.25) is 5.91 Å². The Hall–Kier alpha value is -2.45. The zero-order chi connectivity index (χ0) is 18.4. The van der Waals surface area contributed by atoms with Crippen LogP contribution in [0.5, 0.6) is 0 Å². The zero-order valence-corrected chi connectivity index (χ0v) is 14.4. The number of hydrogen-bond acceptors (Lipinski definition) is 7. The molecule has 1 heterocycles. The number of amides is 1. The van der Waals surface area contributed by atoms with Gasteiger partial charge in [-0.1, -0.05) is 18.2 Å². The van der Waals surface area contributed by atoms with Crippen molar-refractivity contribution < 1.29 is 33.3 Å². The number of ether oxygens (including phenoxy) is 4. The van der Waals surface area contributed by atoms with Crippen molar-refractivity contribution in [2.24, 2.45) is 5.92 Å². The second-order valence-electron chi connectivity index (χ2n) is 5.52. The highest BCUT2D eigenvalue weighted by molar-refractivity contribution is 6.13. The molecule has 1 aliphatic rings. The number of esters is 2. The van der Waals surface area contributed by atoms with E-state index in [4.69, 9.17) is 18.9 Å². The van der Waals surface area contributed by atoms with E-state index in [1.54, 1.807) is 24.3 Å². The second-order valence-corrected chi connectivity index (χ2v) is 5.52. The van der Waals surface area contributed by atoms with Crippen molar-refractivity contribution in [2.75, 3.05) is 40.0 Å². The minimum atomic E-state index is -1.48. The molecule has 1 aliphatic heterocycles. The molecule has 25 heavy (non-hydrogen) atoms. The lowest BCUT2D eigenvalue weighted by Gasteiger charge is -2.32. The first-order valence-electron chi connectivity index (χ1n) is 7.66. The first-order valence-corrected chi connectivity index (χ1v) is 7.66. The summed E-state index contributed by atoms with van der Waals surface area (Å²) in [6.45, 7) is 0.126. The van der Waals surface area contributed by atoms with Crippen LogP contribution < -0.4 is 5.32 Å². The maximum absolute atomic E-state index is 12.9. The lowest BCUT2D eigenvalue weighted by atomic mass is 9.68. The average Bonchev–Trinajstić information content (AvgIpc) is 2.91. The maximum atomic E-state index is 12.9. The molecule has 1 N–H and O–H groups in total. The summed E-state index contributed by atoms with van der Waals surface area (Å²) >= 11 is 0. The van der Waals surface area contributed by atoms with Crippen molar-refractivity contribution >= 4 is 23.5 Å². The molecule has 0 saturated carbocycles. The molecular weight excluding hydrogens is 330 g/mol. The number of hydrogen-bond donors (Lipinski definition) is 1. The molecule has 1 amide bonds. The number of methoxy groups -OCH3 is 3. The van der Waals surface area contributed by atoms with E-state index in [-0.39, 0.29) is 19.8 Å². The van der Waals surface area contributed by atoms with E-state index in [2.05, 4.69) is 5.32 Å². The van der Waals surface area contributed by atoms with E-state index in [0.29, 0.717) is 11.3 Å².